The van der Waals surface area contributed by atoms with Crippen molar-refractivity contribution in [2.45, 2.75) is 18.2 Å². The van der Waals surface area contributed by atoms with Crippen LogP contribution in [0.5, 0.6) is 0 Å². The van der Waals surface area contributed by atoms with Gasteiger partial charge in [-0.25, -0.2) is 18.4 Å². The smallest absolute Gasteiger partial charge is 0.265 e. The molecule has 1 fully saturated rings. The van der Waals surface area contributed by atoms with Crippen molar-refractivity contribution in [3.05, 3.63) is 29.9 Å². The van der Waals surface area contributed by atoms with Gasteiger partial charge in [0.2, 0.25) is 5.91 Å². The molecule has 3 rings (SSSR count). The summed E-state index contributed by atoms with van der Waals surface area (Å²) < 4.78 is 27.0. The van der Waals surface area contributed by atoms with Gasteiger partial charge in [0.05, 0.1) is 0 Å². The molecule has 1 N–H and O–H groups in total. The first-order valence-electron chi connectivity index (χ1n) is 7.90. The van der Waals surface area contributed by atoms with E-state index < -0.39 is 10.0 Å². The summed E-state index contributed by atoms with van der Waals surface area (Å²) in [6.07, 6.45) is 3.39. The van der Waals surface area contributed by atoms with E-state index >= 15 is 0 Å². The molecule has 2 aromatic heterocycles. The predicted octanol–water partition coefficient (Wildman–Crippen LogP) is 1.40. The third-order valence-corrected chi connectivity index (χ3v) is 6.09. The Morgan fingerprint density at radius 2 is 2.00 bits per heavy atom. The fourth-order valence-electron chi connectivity index (χ4n) is 2.57. The Hall–Kier alpha value is -2.20. The van der Waals surface area contributed by atoms with Gasteiger partial charge >= 0.3 is 0 Å². The van der Waals surface area contributed by atoms with Crippen molar-refractivity contribution in [2.75, 3.05) is 35.8 Å². The second-order valence-electron chi connectivity index (χ2n) is 5.52. The van der Waals surface area contributed by atoms with Crippen LogP contribution in [0.3, 0.4) is 0 Å². The van der Waals surface area contributed by atoms with Crippen LogP contribution < -0.4 is 9.62 Å². The van der Waals surface area contributed by atoms with Gasteiger partial charge in [-0.3, -0.25) is 9.52 Å². The van der Waals surface area contributed by atoms with Crippen LogP contribution in [-0.4, -0.2) is 55.4 Å². The number of hydrogen-bond acceptors (Lipinski definition) is 7. The number of anilines is 2. The standard InChI is InChI=1S/C15H19N5O3S2/c1-2-14(21)20-8-6-19(7-9-20)13-4-3-12(11-17-13)25(22,23)18-15-16-5-10-24-15/h3-5,10-11H,2,6-9H2,1H3,(H,16,18). The second kappa shape index (κ2) is 7.36. The number of hydrogen-bond donors (Lipinski definition) is 1. The molecule has 3 heterocycles. The van der Waals surface area contributed by atoms with Crippen LogP contribution in [-0.2, 0) is 14.8 Å². The van der Waals surface area contributed by atoms with Gasteiger partial charge in [-0.1, -0.05) is 6.92 Å². The van der Waals surface area contributed by atoms with Crippen LogP contribution >= 0.6 is 11.3 Å². The van der Waals surface area contributed by atoms with Crippen LogP contribution in [0, 0.1) is 0 Å². The number of nitrogens with one attached hydrogen (secondary N) is 1. The monoisotopic (exact) mass is 381 g/mol. The van der Waals surface area contributed by atoms with E-state index in [1.54, 1.807) is 11.4 Å². The molecule has 134 valence electrons. The topological polar surface area (TPSA) is 95.5 Å². The number of amides is 1. The summed E-state index contributed by atoms with van der Waals surface area (Å²) in [6, 6.07) is 3.22. The molecule has 0 saturated carbocycles. The molecular formula is C15H19N5O3S2. The van der Waals surface area contributed by atoms with Gasteiger partial charge < -0.3 is 9.80 Å². The Morgan fingerprint density at radius 1 is 1.24 bits per heavy atom. The molecule has 0 bridgehead atoms. The Bertz CT molecular complexity index is 813. The molecule has 8 nitrogen and oxygen atoms in total. The lowest BCUT2D eigenvalue weighted by Crippen LogP contribution is -2.48. The minimum Gasteiger partial charge on any atom is -0.353 e. The lowest BCUT2D eigenvalue weighted by atomic mass is 10.3. The average molecular weight is 381 g/mol. The van der Waals surface area contributed by atoms with Crippen molar-refractivity contribution < 1.29 is 13.2 Å². The van der Waals surface area contributed by atoms with Gasteiger partial charge in [0.25, 0.3) is 10.0 Å². The molecule has 0 radical (unpaired) electrons. The zero-order chi connectivity index (χ0) is 17.9. The Balaban J connectivity index is 1.66. The van der Waals surface area contributed by atoms with E-state index in [9.17, 15) is 13.2 Å². The van der Waals surface area contributed by atoms with Crippen LogP contribution in [0.15, 0.2) is 34.8 Å². The van der Waals surface area contributed by atoms with E-state index in [2.05, 4.69) is 14.7 Å². The number of sulfonamides is 1. The van der Waals surface area contributed by atoms with Crippen molar-refractivity contribution in [1.82, 2.24) is 14.9 Å². The van der Waals surface area contributed by atoms with E-state index in [1.807, 2.05) is 16.7 Å². The van der Waals surface area contributed by atoms with Crippen LogP contribution in [0.2, 0.25) is 0 Å². The number of carbonyl (C=O) groups is 1. The van der Waals surface area contributed by atoms with Crippen molar-refractivity contribution in [2.24, 2.45) is 0 Å². The molecule has 10 heteroatoms. The molecule has 0 aliphatic carbocycles. The number of thiazole rings is 1. The van der Waals surface area contributed by atoms with E-state index in [1.165, 1.54) is 29.8 Å². The quantitative estimate of drug-likeness (QED) is 0.841. The second-order valence-corrected chi connectivity index (χ2v) is 8.09. The highest BCUT2D eigenvalue weighted by Gasteiger charge is 2.22. The maximum Gasteiger partial charge on any atom is 0.265 e. The zero-order valence-electron chi connectivity index (χ0n) is 13.8. The Labute approximate surface area is 150 Å². The first kappa shape index (κ1) is 17.6. The van der Waals surface area contributed by atoms with Gasteiger partial charge in [0.1, 0.15) is 10.7 Å². The lowest BCUT2D eigenvalue weighted by molar-refractivity contribution is -0.131. The van der Waals surface area contributed by atoms with E-state index in [4.69, 9.17) is 0 Å². The van der Waals surface area contributed by atoms with Gasteiger partial charge in [0, 0.05) is 50.4 Å². The summed E-state index contributed by atoms with van der Waals surface area (Å²) in [5.74, 6) is 0.860. The minimum absolute atomic E-state index is 0.0891. The fraction of sp³-hybridized carbons (Fsp3) is 0.400. The summed E-state index contributed by atoms with van der Waals surface area (Å²) in [4.78, 5) is 23.9. The van der Waals surface area contributed by atoms with Gasteiger partial charge in [-0.05, 0) is 12.1 Å². The summed E-state index contributed by atoms with van der Waals surface area (Å²) in [5.41, 5.74) is 0. The summed E-state index contributed by atoms with van der Waals surface area (Å²) in [6.45, 7) is 4.53. The van der Waals surface area contributed by atoms with Crippen molar-refractivity contribution in [3.63, 3.8) is 0 Å². The van der Waals surface area contributed by atoms with Crippen molar-refractivity contribution in [1.29, 1.82) is 0 Å². The van der Waals surface area contributed by atoms with E-state index in [0.29, 0.717) is 43.5 Å². The maximum absolute atomic E-state index is 12.3. The number of aromatic nitrogens is 2. The number of piperazine rings is 1. The highest BCUT2D eigenvalue weighted by Crippen LogP contribution is 2.20. The Morgan fingerprint density at radius 3 is 2.56 bits per heavy atom. The highest BCUT2D eigenvalue weighted by atomic mass is 32.2. The largest absolute Gasteiger partial charge is 0.353 e. The van der Waals surface area contributed by atoms with Crippen LogP contribution in [0.1, 0.15) is 13.3 Å². The molecular weight excluding hydrogens is 362 g/mol. The predicted molar refractivity (Wildman–Crippen MR) is 96.2 cm³/mol. The Kier molecular flexibility index (Phi) is 5.19. The van der Waals surface area contributed by atoms with E-state index in [-0.39, 0.29) is 10.8 Å². The molecule has 25 heavy (non-hydrogen) atoms. The molecule has 0 aromatic carbocycles. The molecule has 1 aliphatic rings. The molecule has 0 atom stereocenters. The normalized spacial score (nSPS) is 15.2. The third kappa shape index (κ3) is 4.07. The molecule has 1 saturated heterocycles. The van der Waals surface area contributed by atoms with Gasteiger partial charge in [0.15, 0.2) is 5.13 Å². The maximum atomic E-state index is 12.3. The first-order chi connectivity index (χ1) is 12.0. The number of rotatable bonds is 5. The molecule has 0 spiro atoms. The SMILES string of the molecule is CCC(=O)N1CCN(c2ccc(S(=O)(=O)Nc3nccs3)cn2)CC1. The summed E-state index contributed by atoms with van der Waals surface area (Å²) >= 11 is 1.21. The van der Waals surface area contributed by atoms with Gasteiger partial charge in [-0.15, -0.1) is 11.3 Å². The van der Waals surface area contributed by atoms with Crippen molar-refractivity contribution >= 4 is 38.2 Å². The molecule has 2 aromatic rings. The number of pyridine rings is 1. The third-order valence-electron chi connectivity index (χ3n) is 3.94. The molecule has 0 unspecified atom stereocenters. The lowest BCUT2D eigenvalue weighted by Gasteiger charge is -2.35. The first-order valence-corrected chi connectivity index (χ1v) is 10.3. The van der Waals surface area contributed by atoms with Crippen LogP contribution in [0.4, 0.5) is 10.9 Å². The summed E-state index contributed by atoms with van der Waals surface area (Å²) in [5, 5.41) is 2.02. The summed E-state index contributed by atoms with van der Waals surface area (Å²) in [7, 11) is -3.69. The minimum atomic E-state index is -3.69. The fourth-order valence-corrected chi connectivity index (χ4v) is 4.31. The highest BCUT2D eigenvalue weighted by molar-refractivity contribution is 7.93. The number of carbonyl (C=O) groups excluding carboxylic acids is 1. The van der Waals surface area contributed by atoms with Crippen molar-refractivity contribution in [3.8, 4) is 0 Å². The average Bonchev–Trinajstić information content (AvgIpc) is 3.13. The zero-order valence-corrected chi connectivity index (χ0v) is 15.4. The van der Waals surface area contributed by atoms with E-state index in [0.717, 1.165) is 0 Å². The molecule has 1 aliphatic heterocycles. The van der Waals surface area contributed by atoms with Crippen LogP contribution in [0.25, 0.3) is 0 Å². The van der Waals surface area contributed by atoms with Gasteiger partial charge in [-0.2, -0.15) is 0 Å². The molecule has 1 amide bonds. The number of nitrogens with zero attached hydrogens (tertiary/aromatic N) is 4.